The Balaban J connectivity index is 2.49. The average Bonchev–Trinajstić information content (AvgIpc) is 2.09. The van der Waals surface area contributed by atoms with Crippen molar-refractivity contribution < 1.29 is 35.0 Å². The van der Waals surface area contributed by atoms with E-state index in [0.29, 0.717) is 0 Å². The van der Waals surface area contributed by atoms with E-state index in [1.165, 1.54) is 0 Å². The molecule has 1 rings (SSSR count). The smallest absolute Gasteiger partial charge is 0.264 e. The van der Waals surface area contributed by atoms with Crippen LogP contribution in [-0.4, -0.2) is 66.0 Å². The van der Waals surface area contributed by atoms with Gasteiger partial charge >= 0.3 is 0 Å². The van der Waals surface area contributed by atoms with Crippen LogP contribution in [0, 0.1) is 0 Å². The second-order valence-electron chi connectivity index (χ2n) is 3.86. The summed E-state index contributed by atoms with van der Waals surface area (Å²) >= 11 is 0. The normalized spacial score (nSPS) is 29.9. The summed E-state index contributed by atoms with van der Waals surface area (Å²) in [5.41, 5.74) is -1.55. The molecule has 1 heterocycles. The van der Waals surface area contributed by atoms with Gasteiger partial charge in [-0.05, 0) is 0 Å². The minimum absolute atomic E-state index is 0.139. The molecule has 0 unspecified atom stereocenters. The van der Waals surface area contributed by atoms with E-state index in [4.69, 9.17) is 4.74 Å². The van der Waals surface area contributed by atoms with Crippen LogP contribution in [0.5, 0.6) is 0 Å². The molecule has 0 aromatic heterocycles. The molecular weight excluding hydrogens is 276 g/mol. The molecule has 0 saturated carbocycles. The molecule has 1 aliphatic heterocycles. The quantitative estimate of drug-likeness (QED) is 0.562. The molecule has 0 bridgehead atoms. The van der Waals surface area contributed by atoms with Gasteiger partial charge in [-0.1, -0.05) is 0 Å². The maximum Gasteiger partial charge on any atom is 0.264 e. The van der Waals surface area contributed by atoms with Crippen molar-refractivity contribution in [3.8, 4) is 0 Å². The van der Waals surface area contributed by atoms with Crippen LogP contribution in [0.25, 0.3) is 0 Å². The largest absolute Gasteiger partial charge is 0.382 e. The van der Waals surface area contributed by atoms with Crippen molar-refractivity contribution >= 4 is 20.2 Å². The summed E-state index contributed by atoms with van der Waals surface area (Å²) in [4.78, 5) is 0. The summed E-state index contributed by atoms with van der Waals surface area (Å²) in [6, 6.07) is 0. The van der Waals surface area contributed by atoms with E-state index in [0.717, 1.165) is 12.5 Å². The van der Waals surface area contributed by atoms with Gasteiger partial charge < -0.3 is 9.84 Å². The number of ether oxygens (including phenoxy) is 1. The average molecular weight is 290 g/mol. The zero-order valence-corrected chi connectivity index (χ0v) is 11.0. The Morgan fingerprint density at radius 1 is 1.24 bits per heavy atom. The van der Waals surface area contributed by atoms with E-state index < -0.39 is 38.5 Å². The molecule has 1 N–H and O–H groups in total. The Kier molecular flexibility index (Phi) is 4.16. The first kappa shape index (κ1) is 14.8. The summed E-state index contributed by atoms with van der Waals surface area (Å²) in [5.74, 6) is 0. The van der Waals surface area contributed by atoms with E-state index in [2.05, 4.69) is 8.37 Å². The van der Waals surface area contributed by atoms with Crippen molar-refractivity contribution in [1.82, 2.24) is 0 Å². The lowest BCUT2D eigenvalue weighted by Crippen LogP contribution is -2.63. The Morgan fingerprint density at radius 3 is 2.12 bits per heavy atom. The summed E-state index contributed by atoms with van der Waals surface area (Å²) in [5, 5.41) is 9.84. The highest BCUT2D eigenvalue weighted by molar-refractivity contribution is 7.86. The molecule has 10 heteroatoms. The van der Waals surface area contributed by atoms with Crippen molar-refractivity contribution in [2.45, 2.75) is 11.7 Å². The van der Waals surface area contributed by atoms with Crippen LogP contribution >= 0.6 is 0 Å². The summed E-state index contributed by atoms with van der Waals surface area (Å²) < 4.78 is 56.7. The lowest BCUT2D eigenvalue weighted by Gasteiger charge is -2.43. The molecule has 0 aliphatic carbocycles. The predicted octanol–water partition coefficient (Wildman–Crippen LogP) is -1.93. The molecular formula is C7H14O8S2. The second kappa shape index (κ2) is 4.78. The third kappa shape index (κ3) is 4.85. The summed E-state index contributed by atoms with van der Waals surface area (Å²) in [6.07, 6.45) is 0.772. The van der Waals surface area contributed by atoms with Gasteiger partial charge in [-0.2, -0.15) is 16.8 Å². The van der Waals surface area contributed by atoms with Crippen LogP contribution in [0.4, 0.5) is 0 Å². The van der Waals surface area contributed by atoms with Gasteiger partial charge in [0.15, 0.2) is 0 Å². The van der Waals surface area contributed by atoms with Crippen molar-refractivity contribution in [2.24, 2.45) is 0 Å². The number of hydrogen-bond acceptors (Lipinski definition) is 8. The summed E-state index contributed by atoms with van der Waals surface area (Å²) in [7, 11) is -7.31. The monoisotopic (exact) mass is 290 g/mol. The van der Waals surface area contributed by atoms with E-state index >= 15 is 0 Å². The molecule has 0 spiro atoms. The molecule has 1 fully saturated rings. The Labute approximate surface area is 99.7 Å². The van der Waals surface area contributed by atoms with Gasteiger partial charge in [0.2, 0.25) is 0 Å². The van der Waals surface area contributed by atoms with Gasteiger partial charge in [0.05, 0.1) is 32.3 Å². The number of rotatable bonds is 6. The molecule has 0 amide bonds. The molecule has 8 nitrogen and oxygen atoms in total. The van der Waals surface area contributed by atoms with Crippen molar-refractivity contribution in [1.29, 1.82) is 0 Å². The fraction of sp³-hybridized carbons (Fsp3) is 1.00. The third-order valence-corrected chi connectivity index (χ3v) is 3.20. The zero-order valence-electron chi connectivity index (χ0n) is 9.32. The minimum atomic E-state index is -3.67. The number of hydrogen-bond donors (Lipinski definition) is 1. The van der Waals surface area contributed by atoms with Crippen LogP contribution in [0.15, 0.2) is 0 Å². The van der Waals surface area contributed by atoms with Crippen LogP contribution in [0.2, 0.25) is 0 Å². The van der Waals surface area contributed by atoms with Crippen molar-refractivity contribution in [3.05, 3.63) is 0 Å². The van der Waals surface area contributed by atoms with Gasteiger partial charge in [-0.3, -0.25) is 8.37 Å². The maximum absolute atomic E-state index is 10.7. The molecule has 1 saturated heterocycles. The summed E-state index contributed by atoms with van der Waals surface area (Å²) in [6.45, 7) is -1.02. The SMILES string of the molecule is CS(=O)(=O)OC[C@@H]1OC[C@]1(O)COS(C)(=O)=O. The highest BCUT2D eigenvalue weighted by Gasteiger charge is 2.48. The second-order valence-corrected chi connectivity index (χ2v) is 7.15. The van der Waals surface area contributed by atoms with Gasteiger partial charge in [-0.15, -0.1) is 0 Å². The molecule has 102 valence electrons. The first-order valence-electron chi connectivity index (χ1n) is 4.55. The minimum Gasteiger partial charge on any atom is -0.382 e. The zero-order chi connectivity index (χ0) is 13.3. The van der Waals surface area contributed by atoms with Crippen LogP contribution < -0.4 is 0 Å². The fourth-order valence-electron chi connectivity index (χ4n) is 1.13. The fourth-order valence-corrected chi connectivity index (χ4v) is 1.91. The molecule has 17 heavy (non-hydrogen) atoms. The molecule has 2 atom stereocenters. The van der Waals surface area contributed by atoms with Gasteiger partial charge in [0.1, 0.15) is 11.7 Å². The van der Waals surface area contributed by atoms with E-state index in [1.54, 1.807) is 0 Å². The van der Waals surface area contributed by atoms with E-state index in [9.17, 15) is 21.9 Å². The van der Waals surface area contributed by atoms with E-state index in [-0.39, 0.29) is 13.2 Å². The standard InChI is InChI=1S/C7H14O8S2/c1-16(9,10)14-3-6-7(8,4-13-6)5-15-17(2,11)12/h6,8H,3-5H2,1-2H3/t6-,7-/m0/s1. The maximum atomic E-state index is 10.7. The van der Waals surface area contributed by atoms with Gasteiger partial charge in [0, 0.05) is 0 Å². The van der Waals surface area contributed by atoms with Gasteiger partial charge in [-0.25, -0.2) is 0 Å². The van der Waals surface area contributed by atoms with Crippen LogP contribution in [0.1, 0.15) is 0 Å². The molecule has 0 aromatic rings. The first-order valence-corrected chi connectivity index (χ1v) is 8.18. The van der Waals surface area contributed by atoms with Crippen LogP contribution in [0.3, 0.4) is 0 Å². The molecule has 1 aliphatic rings. The Bertz CT molecular complexity index is 466. The Hall–Kier alpha value is -0.260. The lowest BCUT2D eigenvalue weighted by molar-refractivity contribution is -0.254. The first-order chi connectivity index (χ1) is 7.52. The molecule has 0 radical (unpaired) electrons. The highest BCUT2D eigenvalue weighted by Crippen LogP contribution is 2.27. The number of aliphatic hydroxyl groups is 1. The van der Waals surface area contributed by atoms with Crippen molar-refractivity contribution in [3.63, 3.8) is 0 Å². The highest BCUT2D eigenvalue weighted by atomic mass is 32.2. The lowest BCUT2D eigenvalue weighted by atomic mass is 9.94. The molecule has 0 aromatic carbocycles. The van der Waals surface area contributed by atoms with E-state index in [1.807, 2.05) is 0 Å². The Morgan fingerprint density at radius 2 is 1.76 bits per heavy atom. The van der Waals surface area contributed by atoms with Crippen molar-refractivity contribution in [2.75, 3.05) is 32.3 Å². The van der Waals surface area contributed by atoms with Crippen LogP contribution in [-0.2, 0) is 33.3 Å². The third-order valence-electron chi connectivity index (χ3n) is 2.09. The topological polar surface area (TPSA) is 116 Å². The predicted molar refractivity (Wildman–Crippen MR) is 56.3 cm³/mol. The van der Waals surface area contributed by atoms with Gasteiger partial charge in [0.25, 0.3) is 20.2 Å².